The fourth-order valence-electron chi connectivity index (χ4n) is 2.14. The lowest BCUT2D eigenvalue weighted by Gasteiger charge is -2.14. The average Bonchev–Trinajstić information content (AvgIpc) is 2.58. The van der Waals surface area contributed by atoms with Gasteiger partial charge < -0.3 is 10.6 Å². The van der Waals surface area contributed by atoms with Crippen molar-refractivity contribution in [1.82, 2.24) is 9.97 Å². The van der Waals surface area contributed by atoms with Crippen LogP contribution in [0.1, 0.15) is 5.56 Å². The molecule has 0 saturated heterocycles. The summed E-state index contributed by atoms with van der Waals surface area (Å²) in [5, 5.41) is 5.98. The van der Waals surface area contributed by atoms with Crippen LogP contribution in [0.3, 0.4) is 0 Å². The largest absolute Gasteiger partial charge is 0.380 e. The third kappa shape index (κ3) is 2.85. The molecule has 0 radical (unpaired) electrons. The molecule has 0 aliphatic heterocycles. The summed E-state index contributed by atoms with van der Waals surface area (Å²) < 4.78 is 0. The molecule has 1 aromatic carbocycles. The van der Waals surface area contributed by atoms with Crippen molar-refractivity contribution in [3.05, 3.63) is 75.1 Å². The Labute approximate surface area is 126 Å². The Morgan fingerprint density at radius 3 is 2.09 bits per heavy atom. The van der Waals surface area contributed by atoms with Gasteiger partial charge in [-0.15, -0.1) is 0 Å². The summed E-state index contributed by atoms with van der Waals surface area (Å²) in [5.74, 6) is 0. The molecule has 0 fully saturated rings. The van der Waals surface area contributed by atoms with E-state index in [-0.39, 0.29) is 0 Å². The van der Waals surface area contributed by atoms with Crippen LogP contribution in [-0.2, 0) is 6.42 Å². The summed E-state index contributed by atoms with van der Waals surface area (Å²) in [5.41, 5.74) is 1.51. The van der Waals surface area contributed by atoms with E-state index < -0.39 is 10.9 Å². The van der Waals surface area contributed by atoms with Gasteiger partial charge in [0.05, 0.1) is 0 Å². The molecule has 0 atom stereocenters. The number of aromatic nitrogens is 2. The van der Waals surface area contributed by atoms with Crippen LogP contribution in [0.15, 0.2) is 58.6 Å². The number of nitrogens with zero attached hydrogens (tertiary/aromatic N) is 2. The molecule has 3 aromatic rings. The quantitative estimate of drug-likeness (QED) is 0.670. The predicted molar refractivity (Wildman–Crippen MR) is 85.3 cm³/mol. The minimum absolute atomic E-state index is 0.311. The minimum atomic E-state index is -0.497. The molecule has 0 bridgehead atoms. The van der Waals surface area contributed by atoms with Gasteiger partial charge in [0.25, 0.3) is 10.9 Å². The Hall–Kier alpha value is -3.02. The molecule has 22 heavy (non-hydrogen) atoms. The van der Waals surface area contributed by atoms with E-state index in [1.165, 1.54) is 0 Å². The van der Waals surface area contributed by atoms with Crippen LogP contribution >= 0.6 is 0 Å². The van der Waals surface area contributed by atoms with Crippen LogP contribution in [0.25, 0.3) is 0 Å². The molecular weight excluding hydrogens is 280 g/mol. The summed E-state index contributed by atoms with van der Waals surface area (Å²) in [7, 11) is 0. The Bertz CT molecular complexity index is 824. The van der Waals surface area contributed by atoms with Crippen molar-refractivity contribution in [3.8, 4) is 0 Å². The lowest BCUT2D eigenvalue weighted by Crippen LogP contribution is -2.37. The van der Waals surface area contributed by atoms with E-state index in [2.05, 4.69) is 20.6 Å². The normalized spacial score (nSPS) is 10.5. The first-order valence-electron chi connectivity index (χ1n) is 6.89. The van der Waals surface area contributed by atoms with Crippen LogP contribution in [0.5, 0.6) is 0 Å². The Kier molecular flexibility index (Phi) is 3.91. The molecule has 0 aliphatic carbocycles. The zero-order chi connectivity index (χ0) is 15.4. The van der Waals surface area contributed by atoms with Gasteiger partial charge in [0, 0.05) is 37.0 Å². The highest BCUT2D eigenvalue weighted by Crippen LogP contribution is 2.19. The van der Waals surface area contributed by atoms with Crippen LogP contribution < -0.4 is 21.5 Å². The van der Waals surface area contributed by atoms with Crippen LogP contribution in [0.2, 0.25) is 0 Å². The maximum Gasteiger partial charge on any atom is 0.253 e. The number of hydrogen-bond acceptors (Lipinski definition) is 6. The van der Waals surface area contributed by atoms with E-state index in [0.717, 1.165) is 17.7 Å². The third-order valence-corrected chi connectivity index (χ3v) is 3.32. The Morgan fingerprint density at radius 2 is 1.41 bits per heavy atom. The molecular formula is C16H14N4O2. The van der Waals surface area contributed by atoms with Gasteiger partial charge in [-0.1, -0.05) is 0 Å². The minimum Gasteiger partial charge on any atom is -0.380 e. The average molecular weight is 294 g/mol. The van der Waals surface area contributed by atoms with Crippen molar-refractivity contribution in [2.45, 2.75) is 6.42 Å². The Balaban J connectivity index is 1.66. The second kappa shape index (κ2) is 6.17. The smallest absolute Gasteiger partial charge is 0.253 e. The van der Waals surface area contributed by atoms with Crippen molar-refractivity contribution < 1.29 is 0 Å². The number of pyridine rings is 2. The number of rotatable bonds is 6. The summed E-state index contributed by atoms with van der Waals surface area (Å²) in [6.07, 6.45) is 7.43. The first-order valence-corrected chi connectivity index (χ1v) is 6.89. The fourth-order valence-corrected chi connectivity index (χ4v) is 2.14. The molecule has 6 heteroatoms. The fraction of sp³-hybridized carbons (Fsp3) is 0.125. The van der Waals surface area contributed by atoms with Crippen molar-refractivity contribution in [3.63, 3.8) is 0 Å². The van der Waals surface area contributed by atoms with E-state index in [9.17, 15) is 9.59 Å². The van der Waals surface area contributed by atoms with Gasteiger partial charge in [0.1, 0.15) is 11.4 Å². The maximum atomic E-state index is 11.7. The molecule has 2 heterocycles. The molecule has 0 spiro atoms. The van der Waals surface area contributed by atoms with Gasteiger partial charge in [-0.25, -0.2) is 0 Å². The molecule has 6 nitrogen and oxygen atoms in total. The maximum absolute atomic E-state index is 11.7. The topological polar surface area (TPSA) is 84.0 Å². The van der Waals surface area contributed by atoms with Crippen LogP contribution in [0, 0.1) is 0 Å². The van der Waals surface area contributed by atoms with Gasteiger partial charge in [-0.05, 0) is 36.2 Å². The second-order valence-corrected chi connectivity index (χ2v) is 4.80. The number of hydrogen-bond donors (Lipinski definition) is 2. The monoisotopic (exact) mass is 294 g/mol. The summed E-state index contributed by atoms with van der Waals surface area (Å²) in [4.78, 5) is 31.2. The van der Waals surface area contributed by atoms with Crippen molar-refractivity contribution >= 4 is 17.1 Å². The van der Waals surface area contributed by atoms with E-state index >= 15 is 0 Å². The molecule has 3 rings (SSSR count). The van der Waals surface area contributed by atoms with Gasteiger partial charge in [0.2, 0.25) is 0 Å². The lowest BCUT2D eigenvalue weighted by atomic mass is 10.1. The number of anilines is 3. The SMILES string of the molecule is O=c1c(NCCc2ccncc2)c(Nc2ccncc2)c1=O. The van der Waals surface area contributed by atoms with Crippen molar-refractivity contribution in [2.24, 2.45) is 0 Å². The van der Waals surface area contributed by atoms with Crippen LogP contribution in [0.4, 0.5) is 17.1 Å². The number of nitrogens with one attached hydrogen (secondary N) is 2. The van der Waals surface area contributed by atoms with E-state index in [1.54, 1.807) is 36.9 Å². The highest BCUT2D eigenvalue weighted by Gasteiger charge is 2.20. The van der Waals surface area contributed by atoms with E-state index in [4.69, 9.17) is 0 Å². The summed E-state index contributed by atoms with van der Waals surface area (Å²) in [6.45, 7) is 0.569. The predicted octanol–water partition coefficient (Wildman–Crippen LogP) is 1.47. The van der Waals surface area contributed by atoms with E-state index in [0.29, 0.717) is 17.9 Å². The second-order valence-electron chi connectivity index (χ2n) is 4.80. The molecule has 2 N–H and O–H groups in total. The third-order valence-electron chi connectivity index (χ3n) is 3.32. The molecule has 0 amide bonds. The zero-order valence-corrected chi connectivity index (χ0v) is 11.7. The molecule has 2 aromatic heterocycles. The van der Waals surface area contributed by atoms with Crippen LogP contribution in [-0.4, -0.2) is 16.5 Å². The van der Waals surface area contributed by atoms with Gasteiger partial charge in [-0.3, -0.25) is 19.6 Å². The summed E-state index contributed by atoms with van der Waals surface area (Å²) >= 11 is 0. The van der Waals surface area contributed by atoms with E-state index in [1.807, 2.05) is 12.1 Å². The molecule has 0 saturated carbocycles. The summed E-state index contributed by atoms with van der Waals surface area (Å²) in [6, 6.07) is 7.30. The molecule has 0 unspecified atom stereocenters. The van der Waals surface area contributed by atoms with Gasteiger partial charge in [0.15, 0.2) is 0 Å². The van der Waals surface area contributed by atoms with Gasteiger partial charge >= 0.3 is 0 Å². The first-order chi connectivity index (χ1) is 10.8. The van der Waals surface area contributed by atoms with Crippen molar-refractivity contribution in [2.75, 3.05) is 17.2 Å². The lowest BCUT2D eigenvalue weighted by molar-refractivity contribution is 1.01. The molecule has 110 valence electrons. The zero-order valence-electron chi connectivity index (χ0n) is 11.7. The van der Waals surface area contributed by atoms with Gasteiger partial charge in [-0.2, -0.15) is 0 Å². The highest BCUT2D eigenvalue weighted by molar-refractivity contribution is 5.78. The first kappa shape index (κ1) is 13.9. The standard InChI is InChI=1S/C16H14N4O2/c21-15-13(19-10-3-11-1-6-17-7-2-11)14(16(15)22)20-12-4-8-18-9-5-12/h1-2,4-9,19H,3,10H2,(H,18,20). The molecule has 0 aliphatic rings. The highest BCUT2D eigenvalue weighted by atomic mass is 16.2. The Morgan fingerprint density at radius 1 is 0.818 bits per heavy atom. The van der Waals surface area contributed by atoms with Crippen molar-refractivity contribution in [1.29, 1.82) is 0 Å².